The third kappa shape index (κ3) is 3.56. The minimum atomic E-state index is -0.0598. The van der Waals surface area contributed by atoms with E-state index in [0.717, 1.165) is 25.9 Å². The van der Waals surface area contributed by atoms with Gasteiger partial charge >= 0.3 is 0 Å². The van der Waals surface area contributed by atoms with Crippen LogP contribution in [0.2, 0.25) is 0 Å². The van der Waals surface area contributed by atoms with Gasteiger partial charge in [0, 0.05) is 49.3 Å². The summed E-state index contributed by atoms with van der Waals surface area (Å²) in [6.07, 6.45) is 9.42. The number of fused-ring (bicyclic) bond motifs is 6. The molecule has 6 rings (SSSR count). The molecule has 4 nitrogen and oxygen atoms in total. The zero-order valence-electron chi connectivity index (χ0n) is 19.2. The molecule has 0 unspecified atom stereocenters. The summed E-state index contributed by atoms with van der Waals surface area (Å²) < 4.78 is 0. The van der Waals surface area contributed by atoms with Gasteiger partial charge in [0.05, 0.1) is 0 Å². The van der Waals surface area contributed by atoms with Gasteiger partial charge in [-0.3, -0.25) is 9.97 Å². The number of hydrogen-bond acceptors (Lipinski definition) is 4. The standard InChI is InChI=1S/C29H28N4/c1-29(2)32-19-25-15-21(13-23-5-3-11-30-17-23)7-9-27(25)33(29)20-26-16-22(8-10-28(26)32)14-24-6-4-12-31-18-24/h3-12,15-18H,13-14,19-20H2,1-2H3. The Labute approximate surface area is 195 Å². The molecule has 2 aromatic carbocycles. The van der Waals surface area contributed by atoms with Gasteiger partial charge in [-0.2, -0.15) is 0 Å². The topological polar surface area (TPSA) is 32.3 Å². The molecule has 0 atom stereocenters. The Kier molecular flexibility index (Phi) is 4.68. The van der Waals surface area contributed by atoms with Crippen molar-refractivity contribution in [3.63, 3.8) is 0 Å². The summed E-state index contributed by atoms with van der Waals surface area (Å²) in [5.74, 6) is 0. The molecule has 2 aliphatic rings. The van der Waals surface area contributed by atoms with Crippen LogP contribution in [-0.4, -0.2) is 15.6 Å². The normalized spacial score (nSPS) is 15.7. The van der Waals surface area contributed by atoms with Crippen LogP contribution in [0.25, 0.3) is 0 Å². The SMILES string of the molecule is CC1(C)N2Cc3cc(Cc4cccnc4)ccc3N1Cc1cc(Cc3cccnc3)ccc12. The van der Waals surface area contributed by atoms with Gasteiger partial charge in [0.1, 0.15) is 5.66 Å². The maximum atomic E-state index is 4.27. The summed E-state index contributed by atoms with van der Waals surface area (Å²) >= 11 is 0. The molecule has 4 heterocycles. The number of hydrogen-bond donors (Lipinski definition) is 0. The predicted molar refractivity (Wildman–Crippen MR) is 133 cm³/mol. The van der Waals surface area contributed by atoms with Crippen molar-refractivity contribution in [2.75, 3.05) is 9.80 Å². The molecule has 4 heteroatoms. The summed E-state index contributed by atoms with van der Waals surface area (Å²) in [5.41, 5.74) is 10.6. The second-order valence-electron chi connectivity index (χ2n) is 9.67. The molecule has 2 aliphatic heterocycles. The minimum Gasteiger partial charge on any atom is -0.344 e. The lowest BCUT2D eigenvalue weighted by Gasteiger charge is -2.57. The molecule has 0 N–H and O–H groups in total. The van der Waals surface area contributed by atoms with Crippen LogP contribution >= 0.6 is 0 Å². The molecule has 0 amide bonds. The fraction of sp³-hybridized carbons (Fsp3) is 0.241. The highest BCUT2D eigenvalue weighted by Crippen LogP contribution is 2.46. The molecule has 0 saturated carbocycles. The number of benzene rings is 2. The average Bonchev–Trinajstić information content (AvgIpc) is 2.81. The number of anilines is 2. The molecule has 0 fully saturated rings. The van der Waals surface area contributed by atoms with Crippen LogP contribution in [0, 0.1) is 0 Å². The zero-order valence-corrected chi connectivity index (χ0v) is 19.2. The second kappa shape index (κ2) is 7.73. The van der Waals surface area contributed by atoms with E-state index in [-0.39, 0.29) is 5.66 Å². The molecule has 164 valence electrons. The Bertz CT molecular complexity index is 1200. The van der Waals surface area contributed by atoms with Crippen LogP contribution in [0.4, 0.5) is 11.4 Å². The van der Waals surface area contributed by atoms with Gasteiger partial charge in [0.2, 0.25) is 0 Å². The first-order chi connectivity index (χ1) is 16.1. The van der Waals surface area contributed by atoms with Crippen molar-refractivity contribution in [1.29, 1.82) is 0 Å². The summed E-state index contributed by atoms with van der Waals surface area (Å²) in [7, 11) is 0. The van der Waals surface area contributed by atoms with E-state index in [1.807, 2.05) is 36.9 Å². The quantitative estimate of drug-likeness (QED) is 0.412. The Hall–Kier alpha value is -3.66. The molecule has 33 heavy (non-hydrogen) atoms. The molecule has 0 spiro atoms. The number of pyridine rings is 2. The maximum Gasteiger partial charge on any atom is 0.108 e. The molecule has 2 bridgehead atoms. The van der Waals surface area contributed by atoms with E-state index in [2.05, 4.69) is 82.1 Å². The fourth-order valence-electron chi connectivity index (χ4n) is 5.39. The van der Waals surface area contributed by atoms with E-state index < -0.39 is 0 Å². The lowest BCUT2D eigenvalue weighted by Crippen LogP contribution is -2.62. The van der Waals surface area contributed by atoms with Crippen LogP contribution in [0.3, 0.4) is 0 Å². The van der Waals surface area contributed by atoms with Crippen molar-refractivity contribution < 1.29 is 0 Å². The third-order valence-corrected chi connectivity index (χ3v) is 7.11. The Morgan fingerprint density at radius 3 is 1.58 bits per heavy atom. The van der Waals surface area contributed by atoms with E-state index in [1.165, 1.54) is 44.8 Å². The Morgan fingerprint density at radius 1 is 0.667 bits per heavy atom. The molecular weight excluding hydrogens is 404 g/mol. The van der Waals surface area contributed by atoms with Gasteiger partial charge in [-0.1, -0.05) is 36.4 Å². The highest BCUT2D eigenvalue weighted by Gasteiger charge is 2.43. The first-order valence-corrected chi connectivity index (χ1v) is 11.6. The molecule has 2 aromatic heterocycles. The van der Waals surface area contributed by atoms with Gasteiger partial charge in [0.15, 0.2) is 0 Å². The summed E-state index contributed by atoms with van der Waals surface area (Å²) in [6, 6.07) is 22.3. The van der Waals surface area contributed by atoms with E-state index in [0.29, 0.717) is 0 Å². The van der Waals surface area contributed by atoms with Crippen molar-refractivity contribution in [3.8, 4) is 0 Å². The van der Waals surface area contributed by atoms with Crippen LogP contribution < -0.4 is 9.80 Å². The van der Waals surface area contributed by atoms with Gasteiger partial charge in [-0.15, -0.1) is 0 Å². The monoisotopic (exact) mass is 432 g/mol. The largest absolute Gasteiger partial charge is 0.344 e. The van der Waals surface area contributed by atoms with Gasteiger partial charge in [-0.25, -0.2) is 0 Å². The van der Waals surface area contributed by atoms with Gasteiger partial charge in [-0.05, 0) is 84.3 Å². The lowest BCUT2D eigenvalue weighted by atomic mass is 9.90. The first kappa shape index (κ1) is 20.0. The second-order valence-corrected chi connectivity index (χ2v) is 9.67. The van der Waals surface area contributed by atoms with Crippen molar-refractivity contribution in [1.82, 2.24) is 9.97 Å². The molecule has 0 saturated heterocycles. The van der Waals surface area contributed by atoms with Crippen molar-refractivity contribution in [3.05, 3.63) is 119 Å². The van der Waals surface area contributed by atoms with E-state index in [1.54, 1.807) is 0 Å². The van der Waals surface area contributed by atoms with E-state index in [9.17, 15) is 0 Å². The Morgan fingerprint density at radius 2 is 1.15 bits per heavy atom. The summed E-state index contributed by atoms with van der Waals surface area (Å²) in [5, 5.41) is 0. The molecule has 4 aromatic rings. The zero-order chi connectivity index (χ0) is 22.4. The van der Waals surface area contributed by atoms with Crippen molar-refractivity contribution in [2.45, 2.75) is 45.4 Å². The van der Waals surface area contributed by atoms with Crippen LogP contribution in [-0.2, 0) is 25.9 Å². The fourth-order valence-corrected chi connectivity index (χ4v) is 5.39. The van der Waals surface area contributed by atoms with Crippen molar-refractivity contribution >= 4 is 11.4 Å². The van der Waals surface area contributed by atoms with Crippen LogP contribution in [0.1, 0.15) is 47.2 Å². The van der Waals surface area contributed by atoms with E-state index >= 15 is 0 Å². The lowest BCUT2D eigenvalue weighted by molar-refractivity contribution is 0.389. The van der Waals surface area contributed by atoms with Gasteiger partial charge in [0.25, 0.3) is 0 Å². The van der Waals surface area contributed by atoms with E-state index in [4.69, 9.17) is 0 Å². The summed E-state index contributed by atoms with van der Waals surface area (Å²) in [4.78, 5) is 13.7. The maximum absolute atomic E-state index is 4.27. The Balaban J connectivity index is 1.32. The van der Waals surface area contributed by atoms with Crippen molar-refractivity contribution in [2.24, 2.45) is 0 Å². The highest BCUT2D eigenvalue weighted by molar-refractivity contribution is 5.71. The number of rotatable bonds is 4. The third-order valence-electron chi connectivity index (χ3n) is 7.11. The number of nitrogens with zero attached hydrogens (tertiary/aromatic N) is 4. The minimum absolute atomic E-state index is 0.0598. The molecule has 0 aliphatic carbocycles. The summed E-state index contributed by atoms with van der Waals surface area (Å²) in [6.45, 7) is 6.53. The molecule has 0 radical (unpaired) electrons. The smallest absolute Gasteiger partial charge is 0.108 e. The van der Waals surface area contributed by atoms with Crippen LogP contribution in [0.5, 0.6) is 0 Å². The average molecular weight is 433 g/mol. The van der Waals surface area contributed by atoms with Crippen LogP contribution in [0.15, 0.2) is 85.5 Å². The predicted octanol–water partition coefficient (Wildman–Crippen LogP) is 5.73. The first-order valence-electron chi connectivity index (χ1n) is 11.6. The number of aromatic nitrogens is 2. The highest BCUT2D eigenvalue weighted by atomic mass is 15.4. The molecular formula is C29H28N4. The van der Waals surface area contributed by atoms with Gasteiger partial charge < -0.3 is 9.80 Å².